The Bertz CT molecular complexity index is 766. The highest BCUT2D eigenvalue weighted by molar-refractivity contribution is 6.01. The fourth-order valence-corrected chi connectivity index (χ4v) is 7.31. The van der Waals surface area contributed by atoms with Crippen molar-refractivity contribution >= 4 is 17.5 Å². The van der Waals surface area contributed by atoms with Crippen LogP contribution in [-0.4, -0.2) is 23.5 Å². The molecule has 0 aliphatic heterocycles. The minimum atomic E-state index is -0.295. The molecule has 4 aliphatic rings. The van der Waals surface area contributed by atoms with Crippen molar-refractivity contribution in [1.29, 1.82) is 0 Å². The molecule has 0 saturated heterocycles. The van der Waals surface area contributed by atoms with Gasteiger partial charge in [-0.05, 0) is 67.9 Å². The Morgan fingerprint density at radius 3 is 2.67 bits per heavy atom. The van der Waals surface area contributed by atoms with Crippen LogP contribution >= 0.6 is 0 Å². The Hall–Kier alpha value is -1.71. The molecule has 0 aromatic carbocycles. The molecular weight excluding hydrogens is 338 g/mol. The summed E-state index contributed by atoms with van der Waals surface area (Å²) in [5.74, 6) is 1.66. The topological polar surface area (TPSA) is 63.2 Å². The first-order chi connectivity index (χ1) is 12.7. The van der Waals surface area contributed by atoms with Gasteiger partial charge in [-0.3, -0.25) is 14.4 Å². The maximum atomic E-state index is 13.5. The summed E-state index contributed by atoms with van der Waals surface area (Å²) in [4.78, 5) is 36.9. The number of hydrogen-bond acceptors (Lipinski definition) is 3. The minimum Gasteiger partial charge on any atom is -0.354 e. The zero-order chi connectivity index (χ0) is 19.6. The second-order valence-electron chi connectivity index (χ2n) is 9.80. The van der Waals surface area contributed by atoms with Crippen molar-refractivity contribution in [3.63, 3.8) is 0 Å². The third-order valence-electron chi connectivity index (χ3n) is 8.36. The lowest BCUT2D eigenvalue weighted by atomic mass is 9.47. The monoisotopic (exact) mass is 369 g/mol. The number of amides is 1. The van der Waals surface area contributed by atoms with E-state index < -0.39 is 0 Å². The smallest absolute Gasteiger partial charge is 0.217 e. The van der Waals surface area contributed by atoms with Crippen molar-refractivity contribution in [2.24, 2.45) is 34.5 Å². The molecule has 0 bridgehead atoms. The van der Waals surface area contributed by atoms with Gasteiger partial charge in [0.2, 0.25) is 5.91 Å². The van der Waals surface area contributed by atoms with Gasteiger partial charge < -0.3 is 5.32 Å². The normalized spacial score (nSPS) is 44.1. The van der Waals surface area contributed by atoms with Crippen LogP contribution in [0.5, 0.6) is 0 Å². The van der Waals surface area contributed by atoms with Gasteiger partial charge in [0, 0.05) is 30.7 Å². The summed E-state index contributed by atoms with van der Waals surface area (Å²) >= 11 is 0. The van der Waals surface area contributed by atoms with E-state index in [0.717, 1.165) is 31.3 Å². The van der Waals surface area contributed by atoms with E-state index in [4.69, 9.17) is 0 Å². The number of Topliss-reactive ketones (excluding diaryl/α,β-unsaturated/α-hetero) is 1. The quantitative estimate of drug-likeness (QED) is 0.809. The number of allylic oxidation sites excluding steroid dienone is 4. The predicted octanol–water partition coefficient (Wildman–Crippen LogP) is 3.61. The van der Waals surface area contributed by atoms with Crippen LogP contribution in [0.4, 0.5) is 0 Å². The third kappa shape index (κ3) is 2.67. The second kappa shape index (κ2) is 6.15. The molecule has 1 N–H and O–H groups in total. The number of hydrogen-bond donors (Lipinski definition) is 1. The van der Waals surface area contributed by atoms with Crippen molar-refractivity contribution in [3.8, 4) is 0 Å². The lowest BCUT2D eigenvalue weighted by molar-refractivity contribution is -0.143. The van der Waals surface area contributed by atoms with E-state index in [1.165, 1.54) is 0 Å². The van der Waals surface area contributed by atoms with Gasteiger partial charge in [-0.25, -0.2) is 0 Å². The number of carbonyl (C=O) groups is 3. The van der Waals surface area contributed by atoms with Gasteiger partial charge in [0.25, 0.3) is 0 Å². The summed E-state index contributed by atoms with van der Waals surface area (Å²) in [6.45, 7) is 8.11. The molecule has 3 saturated carbocycles. The van der Waals surface area contributed by atoms with E-state index in [2.05, 4.69) is 26.1 Å². The summed E-state index contributed by atoms with van der Waals surface area (Å²) in [7, 11) is 0. The van der Waals surface area contributed by atoms with E-state index in [0.29, 0.717) is 30.0 Å². The Labute approximate surface area is 161 Å². The van der Waals surface area contributed by atoms with Crippen LogP contribution in [0.3, 0.4) is 0 Å². The standard InChI is InChI=1S/C23H31NO3/c1-13(24-14(2)25)18-7-8-19-17-6-5-15-11-16(26)9-10-22(15,3)21(17)20(27)12-23(18,19)4/h9-11,13,17-19,21H,5-8,12H2,1-4H3,(H,24,25)/t13?,17-,18?,19-,21+,22-,23+/m0/s1. The fraction of sp³-hybridized carbons (Fsp3) is 0.696. The first-order valence-electron chi connectivity index (χ1n) is 10.4. The molecule has 0 aromatic rings. The molecule has 7 atom stereocenters. The molecule has 2 unspecified atom stereocenters. The van der Waals surface area contributed by atoms with Gasteiger partial charge in [0.15, 0.2) is 5.78 Å². The van der Waals surface area contributed by atoms with Gasteiger partial charge in [0.1, 0.15) is 5.78 Å². The Morgan fingerprint density at radius 2 is 1.96 bits per heavy atom. The SMILES string of the molecule is CC(=O)NC(C)C1CC[C@H]2[C@@H]3CCC4=CC(=O)C=C[C@]4(C)[C@H]3C(=O)C[C@]12C. The average molecular weight is 370 g/mol. The molecule has 4 nitrogen and oxygen atoms in total. The third-order valence-corrected chi connectivity index (χ3v) is 8.36. The van der Waals surface area contributed by atoms with Crippen LogP contribution in [-0.2, 0) is 14.4 Å². The highest BCUT2D eigenvalue weighted by atomic mass is 16.1. The molecule has 0 radical (unpaired) electrons. The number of nitrogens with one attached hydrogen (secondary N) is 1. The number of ketones is 2. The van der Waals surface area contributed by atoms with E-state index in [9.17, 15) is 14.4 Å². The lowest BCUT2D eigenvalue weighted by Gasteiger charge is -2.56. The molecule has 1 amide bonds. The molecule has 0 spiro atoms. The molecule has 0 heterocycles. The van der Waals surface area contributed by atoms with Crippen molar-refractivity contribution in [1.82, 2.24) is 5.32 Å². The van der Waals surface area contributed by atoms with Gasteiger partial charge in [0.05, 0.1) is 0 Å². The predicted molar refractivity (Wildman–Crippen MR) is 104 cm³/mol. The summed E-state index contributed by atoms with van der Waals surface area (Å²) < 4.78 is 0. The van der Waals surface area contributed by atoms with Crippen molar-refractivity contribution < 1.29 is 14.4 Å². The van der Waals surface area contributed by atoms with E-state index >= 15 is 0 Å². The lowest BCUT2D eigenvalue weighted by Crippen LogP contribution is -2.55. The van der Waals surface area contributed by atoms with E-state index in [1.54, 1.807) is 19.1 Å². The van der Waals surface area contributed by atoms with Crippen LogP contribution in [0.15, 0.2) is 23.8 Å². The van der Waals surface area contributed by atoms with Gasteiger partial charge in [-0.15, -0.1) is 0 Å². The van der Waals surface area contributed by atoms with Crippen molar-refractivity contribution in [3.05, 3.63) is 23.8 Å². The van der Waals surface area contributed by atoms with Crippen LogP contribution in [0.25, 0.3) is 0 Å². The van der Waals surface area contributed by atoms with Crippen LogP contribution < -0.4 is 5.32 Å². The Balaban J connectivity index is 1.67. The van der Waals surface area contributed by atoms with Crippen LogP contribution in [0.2, 0.25) is 0 Å². The van der Waals surface area contributed by atoms with Crippen LogP contribution in [0.1, 0.15) is 59.8 Å². The molecule has 146 valence electrons. The first kappa shape index (κ1) is 18.6. The molecule has 4 rings (SSSR count). The van der Waals surface area contributed by atoms with Gasteiger partial charge >= 0.3 is 0 Å². The minimum absolute atomic E-state index is 0.00486. The summed E-state index contributed by atoms with van der Waals surface area (Å²) in [5.41, 5.74) is 0.817. The van der Waals surface area contributed by atoms with E-state index in [1.807, 2.05) is 6.08 Å². The van der Waals surface area contributed by atoms with Gasteiger partial charge in [-0.2, -0.15) is 0 Å². The molecule has 4 aliphatic carbocycles. The maximum Gasteiger partial charge on any atom is 0.217 e. The number of fused-ring (bicyclic) bond motifs is 5. The largest absolute Gasteiger partial charge is 0.354 e. The summed E-state index contributed by atoms with van der Waals surface area (Å²) in [6.07, 6.45) is 10.2. The van der Waals surface area contributed by atoms with Crippen molar-refractivity contribution in [2.75, 3.05) is 0 Å². The zero-order valence-corrected chi connectivity index (χ0v) is 16.9. The molecule has 0 aromatic heterocycles. The van der Waals surface area contributed by atoms with Crippen molar-refractivity contribution in [2.45, 2.75) is 65.8 Å². The van der Waals surface area contributed by atoms with E-state index in [-0.39, 0.29) is 34.5 Å². The number of carbonyl (C=O) groups excluding carboxylic acids is 3. The molecule has 27 heavy (non-hydrogen) atoms. The van der Waals surface area contributed by atoms with Crippen LogP contribution in [0, 0.1) is 34.5 Å². The number of rotatable bonds is 2. The highest BCUT2D eigenvalue weighted by Gasteiger charge is 2.62. The zero-order valence-electron chi connectivity index (χ0n) is 16.9. The molecule has 4 heteroatoms. The maximum absolute atomic E-state index is 13.5. The van der Waals surface area contributed by atoms with Gasteiger partial charge in [-0.1, -0.05) is 25.5 Å². The highest BCUT2D eigenvalue weighted by Crippen LogP contribution is 2.65. The fourth-order valence-electron chi connectivity index (χ4n) is 7.31. The molecule has 3 fully saturated rings. The Morgan fingerprint density at radius 1 is 1.22 bits per heavy atom. The first-order valence-corrected chi connectivity index (χ1v) is 10.4. The summed E-state index contributed by atoms with van der Waals surface area (Å²) in [6, 6.07) is 0.101. The second-order valence-corrected chi connectivity index (χ2v) is 9.80. The summed E-state index contributed by atoms with van der Waals surface area (Å²) in [5, 5.41) is 3.08. The molecular formula is C23H31NO3. The average Bonchev–Trinajstić information content (AvgIpc) is 2.91. The Kier molecular flexibility index (Phi) is 4.25.